The fraction of sp³-hybridized carbons (Fsp3) is 0.600. The molecule has 2 rings (SSSR count). The number of halogens is 1. The Hall–Kier alpha value is -1.06. The summed E-state index contributed by atoms with van der Waals surface area (Å²) in [5.41, 5.74) is -1.50. The van der Waals surface area contributed by atoms with Gasteiger partial charge in [-0.25, -0.2) is 9.18 Å². The summed E-state index contributed by atoms with van der Waals surface area (Å²) in [6.07, 6.45) is -5.83. The third-order valence-electron chi connectivity index (χ3n) is 3.02. The second-order valence-electron chi connectivity index (χ2n) is 4.50. The highest BCUT2D eigenvalue weighted by atomic mass is 32.7. The standard InChI is InChI=1S/C10H12FN2O6PS/c1-4(14)7-8(19-20(17)21)6(11)9(18-7)13-3-2-5(15)12-10(13)16/h2-4,6-9,14H,1H3,(H-,12,15,16,17,21)/p+1/t4-,6+,7-,8?,9-/m1/s1. The van der Waals surface area contributed by atoms with Crippen LogP contribution in [0.25, 0.3) is 0 Å². The molecule has 2 unspecified atom stereocenters. The van der Waals surface area contributed by atoms with Crippen molar-refractivity contribution in [2.75, 3.05) is 0 Å². The molecule has 1 aromatic heterocycles. The number of alkyl halides is 1. The Morgan fingerprint density at radius 3 is 2.81 bits per heavy atom. The van der Waals surface area contributed by atoms with Crippen LogP contribution in [0.5, 0.6) is 0 Å². The van der Waals surface area contributed by atoms with Gasteiger partial charge in [0.25, 0.3) is 5.56 Å². The summed E-state index contributed by atoms with van der Waals surface area (Å²) in [6.45, 7) is 1.34. The molecule has 1 aromatic rings. The lowest BCUT2D eigenvalue weighted by Gasteiger charge is -2.17. The highest BCUT2D eigenvalue weighted by Crippen LogP contribution is 2.40. The van der Waals surface area contributed by atoms with Crippen molar-refractivity contribution in [3.63, 3.8) is 0 Å². The van der Waals surface area contributed by atoms with Gasteiger partial charge in [-0.1, -0.05) is 0 Å². The van der Waals surface area contributed by atoms with Gasteiger partial charge < -0.3 is 9.84 Å². The van der Waals surface area contributed by atoms with Gasteiger partial charge >= 0.3 is 12.9 Å². The molecule has 0 radical (unpaired) electrons. The highest BCUT2D eigenvalue weighted by molar-refractivity contribution is 8.39. The molecule has 0 aromatic carbocycles. The molecule has 0 spiro atoms. The molecule has 0 aliphatic carbocycles. The van der Waals surface area contributed by atoms with E-state index < -0.39 is 49.2 Å². The van der Waals surface area contributed by atoms with E-state index in [4.69, 9.17) is 9.26 Å². The number of thiol groups is 1. The first-order chi connectivity index (χ1) is 9.81. The van der Waals surface area contributed by atoms with E-state index in [0.29, 0.717) is 0 Å². The number of aromatic nitrogens is 2. The van der Waals surface area contributed by atoms with Gasteiger partial charge in [-0.3, -0.25) is 14.3 Å². The Morgan fingerprint density at radius 1 is 1.62 bits per heavy atom. The highest BCUT2D eigenvalue weighted by Gasteiger charge is 2.52. The lowest BCUT2D eigenvalue weighted by atomic mass is 10.1. The van der Waals surface area contributed by atoms with Gasteiger partial charge in [0.1, 0.15) is 18.4 Å². The van der Waals surface area contributed by atoms with Gasteiger partial charge in [0, 0.05) is 12.3 Å². The topological polar surface area (TPSA) is 111 Å². The van der Waals surface area contributed by atoms with Gasteiger partial charge in [0.2, 0.25) is 0 Å². The molecular weight excluding hydrogens is 326 g/mol. The van der Waals surface area contributed by atoms with Crippen LogP contribution in [-0.2, 0) is 13.8 Å². The van der Waals surface area contributed by atoms with E-state index >= 15 is 0 Å². The number of aliphatic hydroxyl groups excluding tert-OH is 1. The maximum absolute atomic E-state index is 14.4. The van der Waals surface area contributed by atoms with E-state index in [1.807, 2.05) is 4.98 Å². The molecule has 1 aliphatic rings. The normalized spacial score (nSPS) is 31.1. The van der Waals surface area contributed by atoms with Crippen molar-refractivity contribution in [2.24, 2.45) is 0 Å². The number of hydrogen-bond acceptors (Lipinski definition) is 6. The monoisotopic (exact) mass is 339 g/mol. The quantitative estimate of drug-likeness (QED) is 0.531. The van der Waals surface area contributed by atoms with Gasteiger partial charge in [-0.2, -0.15) is 0 Å². The predicted octanol–water partition coefficient (Wildman–Crippen LogP) is 0.125. The number of rotatable bonds is 4. The third-order valence-corrected chi connectivity index (χ3v) is 3.73. The second kappa shape index (κ2) is 6.37. The molecule has 1 fully saturated rings. The maximum atomic E-state index is 14.4. The largest absolute Gasteiger partial charge is 0.582 e. The van der Waals surface area contributed by atoms with Crippen molar-refractivity contribution in [3.05, 3.63) is 33.1 Å². The average Bonchev–Trinajstić information content (AvgIpc) is 2.67. The van der Waals surface area contributed by atoms with E-state index in [1.165, 1.54) is 6.92 Å². The fourth-order valence-corrected chi connectivity index (χ4v) is 2.89. The smallest absolute Gasteiger partial charge is 0.391 e. The van der Waals surface area contributed by atoms with Crippen molar-refractivity contribution in [3.8, 4) is 0 Å². The zero-order valence-electron chi connectivity index (χ0n) is 10.7. The Balaban J connectivity index is 2.35. The van der Waals surface area contributed by atoms with Gasteiger partial charge in [-0.15, -0.1) is 4.52 Å². The Morgan fingerprint density at radius 2 is 2.29 bits per heavy atom. The lowest BCUT2D eigenvalue weighted by molar-refractivity contribution is -0.0747. The van der Waals surface area contributed by atoms with Crippen LogP contribution >= 0.6 is 19.5 Å². The molecule has 1 saturated heterocycles. The van der Waals surface area contributed by atoms with E-state index in [0.717, 1.165) is 16.8 Å². The van der Waals surface area contributed by atoms with Crippen LogP contribution in [0.3, 0.4) is 0 Å². The minimum atomic E-state index is -2.42. The molecule has 6 atom stereocenters. The fourth-order valence-electron chi connectivity index (χ4n) is 2.11. The summed E-state index contributed by atoms with van der Waals surface area (Å²) in [5.74, 6) is 0. The van der Waals surface area contributed by atoms with Crippen LogP contribution < -0.4 is 11.2 Å². The molecule has 1 aliphatic heterocycles. The predicted molar refractivity (Wildman–Crippen MR) is 73.3 cm³/mol. The van der Waals surface area contributed by atoms with E-state index in [1.54, 1.807) is 0 Å². The first-order valence-corrected chi connectivity index (χ1v) is 8.26. The first-order valence-electron chi connectivity index (χ1n) is 5.93. The average molecular weight is 339 g/mol. The van der Waals surface area contributed by atoms with Crippen molar-refractivity contribution in [1.29, 1.82) is 0 Å². The Labute approximate surface area is 123 Å². The summed E-state index contributed by atoms with van der Waals surface area (Å²) < 4.78 is 36.4. The first kappa shape index (κ1) is 16.3. The molecular formula is C10H13FN2O6PS+. The summed E-state index contributed by atoms with van der Waals surface area (Å²) in [5, 5.41) is 9.59. The van der Waals surface area contributed by atoms with E-state index in [2.05, 4.69) is 12.2 Å². The summed E-state index contributed by atoms with van der Waals surface area (Å²) >= 11 is 3.54. The molecule has 21 heavy (non-hydrogen) atoms. The lowest BCUT2D eigenvalue weighted by Crippen LogP contribution is -2.37. The summed E-state index contributed by atoms with van der Waals surface area (Å²) in [6, 6.07) is 1.03. The minimum Gasteiger partial charge on any atom is -0.391 e. The Bertz CT molecular complexity index is 649. The van der Waals surface area contributed by atoms with Crippen LogP contribution in [-0.4, -0.2) is 39.1 Å². The zero-order valence-corrected chi connectivity index (χ0v) is 12.5. The van der Waals surface area contributed by atoms with Crippen molar-refractivity contribution in [1.82, 2.24) is 9.55 Å². The van der Waals surface area contributed by atoms with Crippen molar-refractivity contribution < 1.29 is 23.3 Å². The van der Waals surface area contributed by atoms with Crippen LogP contribution in [0.2, 0.25) is 0 Å². The molecule has 0 saturated carbocycles. The molecule has 0 amide bonds. The molecule has 2 N–H and O–H groups in total. The van der Waals surface area contributed by atoms with E-state index in [-0.39, 0.29) is 0 Å². The maximum Gasteiger partial charge on any atom is 0.582 e. The summed E-state index contributed by atoms with van der Waals surface area (Å²) in [4.78, 5) is 24.6. The van der Waals surface area contributed by atoms with E-state index in [9.17, 15) is 23.7 Å². The van der Waals surface area contributed by atoms with Crippen LogP contribution in [0.15, 0.2) is 21.9 Å². The number of hydrogen-bond donors (Lipinski definition) is 3. The second-order valence-corrected chi connectivity index (χ2v) is 6.17. The molecule has 11 heteroatoms. The number of nitrogens with zero attached hydrogens (tertiary/aromatic N) is 1. The van der Waals surface area contributed by atoms with Gasteiger partial charge in [0.15, 0.2) is 18.5 Å². The SMILES string of the molecule is C[C@@H](O)[C@H]1O[C@@H](n2ccc(=O)[nH]c2=O)[C@@H](F)C1O[P+](=O)S. The van der Waals surface area contributed by atoms with Crippen LogP contribution in [0.1, 0.15) is 13.2 Å². The molecule has 116 valence electrons. The van der Waals surface area contributed by atoms with Crippen molar-refractivity contribution in [2.45, 2.75) is 37.6 Å². The van der Waals surface area contributed by atoms with Crippen LogP contribution in [0, 0.1) is 0 Å². The van der Waals surface area contributed by atoms with Crippen molar-refractivity contribution >= 4 is 19.5 Å². The number of H-pyrrole nitrogens is 1. The van der Waals surface area contributed by atoms with Gasteiger partial charge in [0.05, 0.1) is 6.10 Å². The third kappa shape index (κ3) is 3.41. The van der Waals surface area contributed by atoms with Crippen LogP contribution in [0.4, 0.5) is 4.39 Å². The Kier molecular flexibility index (Phi) is 4.95. The summed E-state index contributed by atoms with van der Waals surface area (Å²) in [7, 11) is -2.42. The number of aliphatic hydroxyl groups is 1. The minimum absolute atomic E-state index is 0.636. The zero-order chi connectivity index (χ0) is 15.7. The number of ether oxygens (including phenoxy) is 1. The number of aromatic amines is 1. The molecule has 0 bridgehead atoms. The molecule has 8 nitrogen and oxygen atoms in total. The molecule has 2 heterocycles. The van der Waals surface area contributed by atoms with Gasteiger partial charge in [-0.05, 0) is 11.5 Å². The number of nitrogens with one attached hydrogen (secondary N) is 1.